The maximum atomic E-state index is 11.2. The minimum atomic E-state index is -0.819. The molecule has 1 aliphatic heterocycles. The van der Waals surface area contributed by atoms with E-state index in [2.05, 4.69) is 39.7 Å². The third-order valence-electron chi connectivity index (χ3n) is 6.16. The summed E-state index contributed by atoms with van der Waals surface area (Å²) < 4.78 is 0. The number of allylic oxidation sites excluding steroid dienone is 1. The predicted octanol–water partition coefficient (Wildman–Crippen LogP) is 7.14. The molecule has 1 saturated heterocycles. The Morgan fingerprint density at radius 2 is 1.38 bits per heavy atom. The molecular formula is C25H47NO3. The van der Waals surface area contributed by atoms with E-state index in [-0.39, 0.29) is 17.0 Å². The number of hydrogen-bond acceptors (Lipinski definition) is 3. The normalized spacial score (nSPS) is 20.1. The van der Waals surface area contributed by atoms with Crippen molar-refractivity contribution in [1.82, 2.24) is 5.06 Å². The summed E-state index contributed by atoms with van der Waals surface area (Å²) >= 11 is 0. The van der Waals surface area contributed by atoms with Gasteiger partial charge in [0.25, 0.3) is 0 Å². The fourth-order valence-corrected chi connectivity index (χ4v) is 4.98. The summed E-state index contributed by atoms with van der Waals surface area (Å²) in [6.45, 7) is 13.6. The van der Waals surface area contributed by atoms with Crippen LogP contribution < -0.4 is 0 Å². The molecule has 29 heavy (non-hydrogen) atoms. The number of carbonyl (C=O) groups is 1. The van der Waals surface area contributed by atoms with Gasteiger partial charge in [0, 0.05) is 16.7 Å². The molecule has 0 atom stereocenters. The number of carboxylic acids is 1. The van der Waals surface area contributed by atoms with Crippen molar-refractivity contribution in [2.24, 2.45) is 5.92 Å². The average molecular weight is 410 g/mol. The summed E-state index contributed by atoms with van der Waals surface area (Å²) in [5, 5.41) is 11.4. The molecule has 0 aromatic rings. The van der Waals surface area contributed by atoms with Crippen molar-refractivity contribution in [2.45, 2.75) is 130 Å². The summed E-state index contributed by atoms with van der Waals surface area (Å²) in [5.74, 6) is -0.548. The molecular weight excluding hydrogens is 362 g/mol. The highest BCUT2D eigenvalue weighted by molar-refractivity contribution is 5.85. The van der Waals surface area contributed by atoms with Gasteiger partial charge in [0.15, 0.2) is 0 Å². The van der Waals surface area contributed by atoms with Crippen LogP contribution in [0.5, 0.6) is 0 Å². The van der Waals surface area contributed by atoms with Crippen LogP contribution >= 0.6 is 0 Å². The molecule has 1 aliphatic rings. The predicted molar refractivity (Wildman–Crippen MR) is 122 cm³/mol. The summed E-state index contributed by atoms with van der Waals surface area (Å²) in [6.07, 6.45) is 17.1. The van der Waals surface area contributed by atoms with E-state index in [4.69, 9.17) is 4.84 Å². The first-order chi connectivity index (χ1) is 13.6. The zero-order chi connectivity index (χ0) is 21.9. The largest absolute Gasteiger partial charge is 0.478 e. The van der Waals surface area contributed by atoms with Crippen LogP contribution in [0.1, 0.15) is 119 Å². The number of hydrogen-bond donors (Lipinski definition) is 1. The Morgan fingerprint density at radius 1 is 0.931 bits per heavy atom. The number of carboxylic acid groups (broad SMARTS) is 1. The fourth-order valence-electron chi connectivity index (χ4n) is 4.98. The first-order valence-electron chi connectivity index (χ1n) is 11.9. The van der Waals surface area contributed by atoms with Gasteiger partial charge >= 0.3 is 5.97 Å². The third kappa shape index (κ3) is 9.65. The van der Waals surface area contributed by atoms with E-state index in [0.717, 1.165) is 25.9 Å². The van der Waals surface area contributed by atoms with Gasteiger partial charge in [-0.15, -0.1) is 0 Å². The standard InChI is InChI=1S/C25H47NO3/c1-7-8-9-10-11-12-13-14-15-16-17-29-26-24(3,4)19-22(20-25(26,5)6)18-21(2)23(27)28/h18,22H,7-17,19-20H2,1-6H3,(H,27,28). The molecule has 0 bridgehead atoms. The van der Waals surface area contributed by atoms with Gasteiger partial charge in [-0.1, -0.05) is 70.8 Å². The minimum absolute atomic E-state index is 0.111. The van der Waals surface area contributed by atoms with E-state index in [0.29, 0.717) is 5.57 Å². The second kappa shape index (κ2) is 12.7. The van der Waals surface area contributed by atoms with Crippen molar-refractivity contribution in [2.75, 3.05) is 6.61 Å². The summed E-state index contributed by atoms with van der Waals surface area (Å²) in [4.78, 5) is 17.5. The molecule has 0 amide bonds. The quantitative estimate of drug-likeness (QED) is 0.245. The molecule has 1 heterocycles. The average Bonchev–Trinajstić information content (AvgIpc) is 2.60. The lowest BCUT2D eigenvalue weighted by Crippen LogP contribution is -2.60. The first-order valence-corrected chi connectivity index (χ1v) is 11.9. The molecule has 0 spiro atoms. The van der Waals surface area contributed by atoms with Crippen molar-refractivity contribution in [3.8, 4) is 0 Å². The number of aliphatic carboxylic acids is 1. The monoisotopic (exact) mass is 409 g/mol. The molecule has 0 radical (unpaired) electrons. The van der Waals surface area contributed by atoms with Crippen LogP contribution in [-0.2, 0) is 9.63 Å². The Labute approximate surface area is 180 Å². The number of piperidine rings is 1. The van der Waals surface area contributed by atoms with Gasteiger partial charge in [-0.25, -0.2) is 4.79 Å². The lowest BCUT2D eigenvalue weighted by Gasteiger charge is -2.53. The van der Waals surface area contributed by atoms with Gasteiger partial charge in [-0.3, -0.25) is 4.84 Å². The number of nitrogens with zero attached hydrogens (tertiary/aromatic N) is 1. The Hall–Kier alpha value is -0.870. The lowest BCUT2D eigenvalue weighted by atomic mass is 9.75. The van der Waals surface area contributed by atoms with Crippen molar-refractivity contribution in [1.29, 1.82) is 0 Å². The summed E-state index contributed by atoms with van der Waals surface area (Å²) in [7, 11) is 0. The Bertz CT molecular complexity index is 492. The Balaban J connectivity index is 2.33. The van der Waals surface area contributed by atoms with Crippen molar-refractivity contribution in [3.63, 3.8) is 0 Å². The fraction of sp³-hybridized carbons (Fsp3) is 0.880. The zero-order valence-electron chi connectivity index (χ0n) is 20.1. The number of unbranched alkanes of at least 4 members (excludes halogenated alkanes) is 9. The van der Waals surface area contributed by atoms with E-state index in [1.165, 1.54) is 57.8 Å². The first kappa shape index (κ1) is 26.2. The van der Waals surface area contributed by atoms with E-state index < -0.39 is 5.97 Å². The minimum Gasteiger partial charge on any atom is -0.478 e. The highest BCUT2D eigenvalue weighted by atomic mass is 16.7. The van der Waals surface area contributed by atoms with Crippen LogP contribution in [0.4, 0.5) is 0 Å². The van der Waals surface area contributed by atoms with Gasteiger partial charge in [0.1, 0.15) is 0 Å². The molecule has 4 heteroatoms. The third-order valence-corrected chi connectivity index (χ3v) is 6.16. The van der Waals surface area contributed by atoms with E-state index in [1.54, 1.807) is 6.92 Å². The second-order valence-electron chi connectivity index (χ2n) is 10.3. The Kier molecular flexibility index (Phi) is 11.5. The highest BCUT2D eigenvalue weighted by Gasteiger charge is 2.45. The van der Waals surface area contributed by atoms with Crippen molar-refractivity contribution >= 4 is 5.97 Å². The number of rotatable bonds is 14. The maximum Gasteiger partial charge on any atom is 0.330 e. The van der Waals surface area contributed by atoms with E-state index >= 15 is 0 Å². The summed E-state index contributed by atoms with van der Waals surface area (Å²) in [6, 6.07) is 0. The maximum absolute atomic E-state index is 11.2. The van der Waals surface area contributed by atoms with Gasteiger partial charge in [-0.05, 0) is 59.8 Å². The SMILES string of the molecule is CCCCCCCCCCCCON1C(C)(C)CC(C=C(C)C(=O)O)CC1(C)C. The van der Waals surface area contributed by atoms with Crippen LogP contribution in [0, 0.1) is 5.92 Å². The van der Waals surface area contributed by atoms with Crippen LogP contribution in [0.2, 0.25) is 0 Å². The number of hydroxylamine groups is 2. The van der Waals surface area contributed by atoms with Crippen molar-refractivity contribution in [3.05, 3.63) is 11.6 Å². The van der Waals surface area contributed by atoms with Crippen LogP contribution in [-0.4, -0.2) is 33.8 Å². The molecule has 1 rings (SSSR count). The zero-order valence-corrected chi connectivity index (χ0v) is 20.1. The van der Waals surface area contributed by atoms with Crippen LogP contribution in [0.25, 0.3) is 0 Å². The summed E-state index contributed by atoms with van der Waals surface area (Å²) in [5.41, 5.74) is 0.224. The Morgan fingerprint density at radius 3 is 1.83 bits per heavy atom. The van der Waals surface area contributed by atoms with Gasteiger partial charge in [0.2, 0.25) is 0 Å². The molecule has 0 aromatic heterocycles. The molecule has 0 saturated carbocycles. The molecule has 0 unspecified atom stereocenters. The van der Waals surface area contributed by atoms with Crippen LogP contribution in [0.3, 0.4) is 0 Å². The van der Waals surface area contributed by atoms with Crippen LogP contribution in [0.15, 0.2) is 11.6 Å². The van der Waals surface area contributed by atoms with Crippen molar-refractivity contribution < 1.29 is 14.7 Å². The molecule has 1 fully saturated rings. The van der Waals surface area contributed by atoms with Gasteiger partial charge < -0.3 is 5.11 Å². The topological polar surface area (TPSA) is 49.8 Å². The smallest absolute Gasteiger partial charge is 0.330 e. The van der Waals surface area contributed by atoms with Gasteiger partial charge in [0.05, 0.1) is 6.61 Å². The highest BCUT2D eigenvalue weighted by Crippen LogP contribution is 2.42. The lowest BCUT2D eigenvalue weighted by molar-refractivity contribution is -0.285. The molecule has 4 nitrogen and oxygen atoms in total. The molecule has 0 aromatic carbocycles. The molecule has 170 valence electrons. The second-order valence-corrected chi connectivity index (χ2v) is 10.3. The molecule has 1 N–H and O–H groups in total. The van der Waals surface area contributed by atoms with Gasteiger partial charge in [-0.2, -0.15) is 5.06 Å². The van der Waals surface area contributed by atoms with E-state index in [1.807, 2.05) is 6.08 Å². The van der Waals surface area contributed by atoms with E-state index in [9.17, 15) is 9.90 Å². The molecule has 0 aliphatic carbocycles.